The molecule has 0 spiro atoms. The van der Waals surface area contributed by atoms with Crippen molar-refractivity contribution in [1.29, 1.82) is 0 Å². The zero-order valence-corrected chi connectivity index (χ0v) is 30.2. The van der Waals surface area contributed by atoms with E-state index < -0.39 is 12.2 Å². The Morgan fingerprint density at radius 3 is 2.10 bits per heavy atom. The van der Waals surface area contributed by atoms with Crippen LogP contribution in [0.1, 0.15) is 102 Å². The number of hydrogen-bond acceptors (Lipinski definition) is 8. The monoisotopic (exact) mass is 688 g/mol. The molecule has 0 fully saturated rings. The SMILES string of the molecule is CCCCCCCCCCCCC(Sc1nnnn1-c1ccccc1)C(O)CCC(O)Cc1ccccc1-c1ccccc1C(=S)OC. The number of benzene rings is 3. The van der Waals surface area contributed by atoms with E-state index in [9.17, 15) is 10.2 Å². The molecule has 9 heteroatoms. The molecular formula is C39H52N4O3S2. The molecule has 0 amide bonds. The van der Waals surface area contributed by atoms with E-state index in [0.29, 0.717) is 29.5 Å². The first-order valence-corrected chi connectivity index (χ1v) is 18.9. The van der Waals surface area contributed by atoms with E-state index in [2.05, 4.69) is 34.6 Å². The van der Waals surface area contributed by atoms with Crippen molar-refractivity contribution >= 4 is 29.0 Å². The molecule has 4 aromatic rings. The molecule has 3 unspecified atom stereocenters. The maximum absolute atomic E-state index is 11.5. The highest BCUT2D eigenvalue weighted by atomic mass is 32.2. The second-order valence-electron chi connectivity index (χ2n) is 12.5. The van der Waals surface area contributed by atoms with Crippen LogP contribution in [0.15, 0.2) is 84.0 Å². The summed E-state index contributed by atoms with van der Waals surface area (Å²) in [5.41, 5.74) is 4.78. The van der Waals surface area contributed by atoms with E-state index in [4.69, 9.17) is 17.0 Å². The Morgan fingerprint density at radius 1 is 0.771 bits per heavy atom. The summed E-state index contributed by atoms with van der Waals surface area (Å²) in [4.78, 5) is 0. The predicted octanol–water partition coefficient (Wildman–Crippen LogP) is 9.17. The van der Waals surface area contributed by atoms with Gasteiger partial charge in [-0.05, 0) is 83.2 Å². The number of unbranched alkanes of at least 4 members (excludes halogenated alkanes) is 9. The van der Waals surface area contributed by atoms with Gasteiger partial charge in [0.25, 0.3) is 0 Å². The van der Waals surface area contributed by atoms with E-state index >= 15 is 0 Å². The molecule has 1 heterocycles. The second kappa shape index (κ2) is 21.1. The van der Waals surface area contributed by atoms with E-state index in [1.807, 2.05) is 66.7 Å². The molecule has 7 nitrogen and oxygen atoms in total. The van der Waals surface area contributed by atoms with Crippen molar-refractivity contribution in [3.63, 3.8) is 0 Å². The Kier molecular flexibility index (Phi) is 16.6. The minimum absolute atomic E-state index is 0.0890. The first-order chi connectivity index (χ1) is 23.5. The van der Waals surface area contributed by atoms with Gasteiger partial charge in [-0.3, -0.25) is 0 Å². The minimum atomic E-state index is -0.612. The third kappa shape index (κ3) is 11.8. The molecule has 3 aromatic carbocycles. The summed E-state index contributed by atoms with van der Waals surface area (Å²) in [6.07, 6.45) is 13.7. The van der Waals surface area contributed by atoms with Gasteiger partial charge in [0.2, 0.25) is 5.16 Å². The van der Waals surface area contributed by atoms with Crippen molar-refractivity contribution in [3.8, 4) is 16.8 Å². The van der Waals surface area contributed by atoms with Crippen LogP contribution < -0.4 is 0 Å². The van der Waals surface area contributed by atoms with Crippen molar-refractivity contribution in [1.82, 2.24) is 20.2 Å². The lowest BCUT2D eigenvalue weighted by Gasteiger charge is -2.23. The zero-order valence-electron chi connectivity index (χ0n) is 28.5. The van der Waals surface area contributed by atoms with Crippen LogP contribution in [0, 0.1) is 0 Å². The molecule has 48 heavy (non-hydrogen) atoms. The normalized spacial score (nSPS) is 13.2. The van der Waals surface area contributed by atoms with Gasteiger partial charge in [-0.15, -0.1) is 5.10 Å². The summed E-state index contributed by atoms with van der Waals surface area (Å²) in [6, 6.07) is 25.9. The Bertz CT molecular complexity index is 1500. The van der Waals surface area contributed by atoms with Crippen LogP contribution >= 0.6 is 24.0 Å². The number of nitrogens with zero attached hydrogens (tertiary/aromatic N) is 4. The summed E-state index contributed by atoms with van der Waals surface area (Å²) in [5.74, 6) is 0. The highest BCUT2D eigenvalue weighted by Gasteiger charge is 2.25. The fraction of sp³-hybridized carbons (Fsp3) is 0.487. The minimum Gasteiger partial charge on any atom is -0.486 e. The summed E-state index contributed by atoms with van der Waals surface area (Å²) in [5, 5.41) is 36.3. The van der Waals surface area contributed by atoms with Crippen LogP contribution in [-0.2, 0) is 11.2 Å². The summed E-state index contributed by atoms with van der Waals surface area (Å²) < 4.78 is 7.12. The average Bonchev–Trinajstić information content (AvgIpc) is 3.59. The fourth-order valence-corrected chi connectivity index (χ4v) is 7.51. The van der Waals surface area contributed by atoms with Crippen LogP contribution in [0.5, 0.6) is 0 Å². The average molecular weight is 689 g/mol. The number of thiocarbonyl (C=S) groups is 1. The number of hydrogen-bond donors (Lipinski definition) is 2. The highest BCUT2D eigenvalue weighted by Crippen LogP contribution is 2.32. The Balaban J connectivity index is 1.37. The van der Waals surface area contributed by atoms with Crippen molar-refractivity contribution < 1.29 is 14.9 Å². The highest BCUT2D eigenvalue weighted by molar-refractivity contribution is 7.99. The number of aromatic nitrogens is 4. The molecule has 0 aliphatic rings. The van der Waals surface area contributed by atoms with E-state index in [1.165, 1.54) is 63.1 Å². The maximum atomic E-state index is 11.5. The van der Waals surface area contributed by atoms with Gasteiger partial charge in [0.15, 0.2) is 5.05 Å². The molecule has 0 radical (unpaired) electrons. The lowest BCUT2D eigenvalue weighted by molar-refractivity contribution is 0.110. The molecule has 4 rings (SSSR count). The van der Waals surface area contributed by atoms with Gasteiger partial charge >= 0.3 is 0 Å². The number of para-hydroxylation sites is 1. The lowest BCUT2D eigenvalue weighted by Crippen LogP contribution is -2.26. The van der Waals surface area contributed by atoms with Crippen LogP contribution in [0.3, 0.4) is 0 Å². The lowest BCUT2D eigenvalue weighted by atomic mass is 9.91. The molecule has 2 N–H and O–H groups in total. The first kappa shape index (κ1) is 37.7. The topological polar surface area (TPSA) is 93.3 Å². The molecule has 1 aromatic heterocycles. The van der Waals surface area contributed by atoms with E-state index in [-0.39, 0.29) is 5.25 Å². The third-order valence-corrected chi connectivity index (χ3v) is 10.6. The largest absolute Gasteiger partial charge is 0.486 e. The number of aliphatic hydroxyl groups is 2. The zero-order chi connectivity index (χ0) is 34.0. The van der Waals surface area contributed by atoms with Gasteiger partial charge in [-0.1, -0.05) is 144 Å². The van der Waals surface area contributed by atoms with Gasteiger partial charge in [0, 0.05) is 10.8 Å². The van der Waals surface area contributed by atoms with Crippen molar-refractivity contribution in [2.45, 2.75) is 119 Å². The Hall–Kier alpha value is -3.11. The van der Waals surface area contributed by atoms with Crippen LogP contribution in [0.4, 0.5) is 0 Å². The predicted molar refractivity (Wildman–Crippen MR) is 201 cm³/mol. The quantitative estimate of drug-likeness (QED) is 0.0480. The first-order valence-electron chi connectivity index (χ1n) is 17.6. The molecule has 0 aliphatic carbocycles. The number of thioether (sulfide) groups is 1. The molecular weight excluding hydrogens is 637 g/mol. The van der Waals surface area contributed by atoms with E-state index in [0.717, 1.165) is 47.2 Å². The van der Waals surface area contributed by atoms with Crippen LogP contribution in [0.2, 0.25) is 0 Å². The number of tetrazole rings is 1. The van der Waals surface area contributed by atoms with Gasteiger partial charge in [-0.2, -0.15) is 4.68 Å². The molecule has 0 saturated carbocycles. The van der Waals surface area contributed by atoms with Crippen LogP contribution in [-0.4, -0.2) is 60.0 Å². The second-order valence-corrected chi connectivity index (χ2v) is 14.1. The molecule has 3 atom stereocenters. The number of aliphatic hydroxyl groups excluding tert-OH is 2. The van der Waals surface area contributed by atoms with Gasteiger partial charge < -0.3 is 14.9 Å². The van der Waals surface area contributed by atoms with Crippen molar-refractivity contribution in [3.05, 3.63) is 90.0 Å². The van der Waals surface area contributed by atoms with Gasteiger partial charge in [-0.25, -0.2) is 0 Å². The smallest absolute Gasteiger partial charge is 0.214 e. The number of methoxy groups -OCH3 is 1. The van der Waals surface area contributed by atoms with Crippen molar-refractivity contribution in [2.24, 2.45) is 0 Å². The summed E-state index contributed by atoms with van der Waals surface area (Å²) in [6.45, 7) is 2.26. The van der Waals surface area contributed by atoms with Gasteiger partial charge in [0.05, 0.1) is 25.0 Å². The summed E-state index contributed by atoms with van der Waals surface area (Å²) >= 11 is 7.01. The van der Waals surface area contributed by atoms with E-state index in [1.54, 1.807) is 11.8 Å². The molecule has 0 saturated heterocycles. The molecule has 258 valence electrons. The Morgan fingerprint density at radius 2 is 1.40 bits per heavy atom. The fourth-order valence-electron chi connectivity index (χ4n) is 6.15. The third-order valence-electron chi connectivity index (χ3n) is 8.86. The summed E-state index contributed by atoms with van der Waals surface area (Å²) in [7, 11) is 1.59. The maximum Gasteiger partial charge on any atom is 0.214 e. The van der Waals surface area contributed by atoms with Gasteiger partial charge in [0.1, 0.15) is 0 Å². The number of ether oxygens (including phenoxy) is 1. The molecule has 0 aliphatic heterocycles. The van der Waals surface area contributed by atoms with Crippen molar-refractivity contribution in [2.75, 3.05) is 7.11 Å². The molecule has 0 bridgehead atoms. The van der Waals surface area contributed by atoms with Crippen LogP contribution in [0.25, 0.3) is 16.8 Å². The standard InChI is InChI=1S/C39H52N4O3S2/c1-3-4-5-6-7-8-9-10-11-15-26-37(48-39-40-41-42-43(39)31-21-13-12-14-22-31)36(45)28-27-32(44)29-30-20-16-17-23-33(30)34-24-18-19-25-35(34)38(47)46-2/h12-14,16-25,32,36-37,44-45H,3-11,15,26-29H2,1-2H3. The number of rotatable bonds is 22. The Labute approximate surface area is 296 Å².